The van der Waals surface area contributed by atoms with Crippen LogP contribution in [0.3, 0.4) is 0 Å². The van der Waals surface area contributed by atoms with Crippen molar-refractivity contribution in [2.24, 2.45) is 13.0 Å². The first kappa shape index (κ1) is 38.3. The maximum atomic E-state index is 16.0. The summed E-state index contributed by atoms with van der Waals surface area (Å²) in [6, 6.07) is 4.71. The molecule has 2 atom stereocenters. The quantitative estimate of drug-likeness (QED) is 0.151. The number of amides is 3. The van der Waals surface area contributed by atoms with Gasteiger partial charge in [-0.15, -0.1) is 0 Å². The van der Waals surface area contributed by atoms with Gasteiger partial charge in [0, 0.05) is 38.6 Å². The lowest BCUT2D eigenvalue weighted by Crippen LogP contribution is -2.58. The van der Waals surface area contributed by atoms with Gasteiger partial charge < -0.3 is 10.2 Å². The number of carbonyl (C=O) groups is 3. The van der Waals surface area contributed by atoms with E-state index < -0.39 is 60.1 Å². The summed E-state index contributed by atoms with van der Waals surface area (Å²) < 4.78 is 65.7. The van der Waals surface area contributed by atoms with Crippen molar-refractivity contribution in [3.8, 4) is 0 Å². The van der Waals surface area contributed by atoms with Crippen molar-refractivity contribution in [1.29, 1.82) is 0 Å². The number of imidazole rings is 1. The van der Waals surface area contributed by atoms with Crippen LogP contribution in [0.5, 0.6) is 0 Å². The molecule has 1 saturated carbocycles. The van der Waals surface area contributed by atoms with Gasteiger partial charge >= 0.3 is 5.69 Å². The molecule has 15 nitrogen and oxygen atoms in total. The molecule has 6 heterocycles. The van der Waals surface area contributed by atoms with Gasteiger partial charge in [-0.2, -0.15) is 10.2 Å². The number of aromatic nitrogens is 7. The lowest BCUT2D eigenvalue weighted by molar-refractivity contribution is -0.135. The van der Waals surface area contributed by atoms with E-state index in [9.17, 15) is 28.0 Å². The minimum Gasteiger partial charge on any atom is -0.364 e. The summed E-state index contributed by atoms with van der Waals surface area (Å²) in [5.74, 6) is -4.40. The van der Waals surface area contributed by atoms with Crippen molar-refractivity contribution in [3.63, 3.8) is 0 Å². The number of rotatable bonds is 10. The largest absolute Gasteiger partial charge is 0.364 e. The van der Waals surface area contributed by atoms with Crippen molar-refractivity contribution < 1.29 is 31.9 Å². The molecule has 3 amide bonds. The van der Waals surface area contributed by atoms with Crippen LogP contribution in [0.4, 0.5) is 28.9 Å². The molecule has 3 fully saturated rings. The Kier molecular flexibility index (Phi) is 10.1. The van der Waals surface area contributed by atoms with E-state index in [1.165, 1.54) is 36.9 Å². The third-order valence-corrected chi connectivity index (χ3v) is 11.9. The summed E-state index contributed by atoms with van der Waals surface area (Å²) in [5.41, 5.74) is 0.752. The lowest BCUT2D eigenvalue weighted by atomic mass is 9.84. The van der Waals surface area contributed by atoms with Crippen molar-refractivity contribution in [2.75, 3.05) is 36.9 Å². The van der Waals surface area contributed by atoms with Crippen LogP contribution in [0.1, 0.15) is 85.9 Å². The van der Waals surface area contributed by atoms with Gasteiger partial charge in [0.2, 0.25) is 11.8 Å². The zero-order valence-corrected chi connectivity index (χ0v) is 31.5. The standard InChI is InChI=1S/C38H43F4N11O4/c1-48(29-14-18-50(21-38(29,41)42)26-5-3-6-27-32(26)49(2)37(57)53(27)28-11-12-30(54)46-36(28)56)17-13-22-7-9-23(10-8-22)52-20-25(31(47-52)33(39)40)45-35(55)24-19-44-51-16-4-15-43-34(24)51/h3-6,15-16,19-20,22-23,28-29,33H,7-14,17-18,21H2,1-2H3,(H,45,55)(H,46,54,56)/t22-,23-,28?,29?. The van der Waals surface area contributed by atoms with Gasteiger partial charge in [-0.3, -0.25) is 38.4 Å². The summed E-state index contributed by atoms with van der Waals surface area (Å²) in [5, 5.41) is 13.1. The number of benzene rings is 1. The number of carbonyl (C=O) groups excluding carboxylic acids is 3. The molecule has 3 aliphatic rings. The maximum Gasteiger partial charge on any atom is 0.329 e. The number of fused-ring (bicyclic) bond motifs is 2. The molecule has 2 aliphatic heterocycles. The third-order valence-electron chi connectivity index (χ3n) is 11.9. The Bertz CT molecular complexity index is 2400. The fraction of sp³-hybridized carbons (Fsp3) is 0.500. The minimum atomic E-state index is -3.07. The van der Waals surface area contributed by atoms with Crippen LogP contribution >= 0.6 is 0 Å². The zero-order valence-electron chi connectivity index (χ0n) is 31.5. The number of nitrogens with zero attached hydrogens (tertiary/aromatic N) is 9. The van der Waals surface area contributed by atoms with E-state index in [1.54, 1.807) is 54.4 Å². The number of piperidine rings is 2. The van der Waals surface area contributed by atoms with Crippen LogP contribution in [0, 0.1) is 5.92 Å². The highest BCUT2D eigenvalue weighted by Crippen LogP contribution is 2.39. The van der Waals surface area contributed by atoms with E-state index >= 15 is 8.78 Å². The van der Waals surface area contributed by atoms with Crippen LogP contribution in [0.25, 0.3) is 16.7 Å². The summed E-state index contributed by atoms with van der Waals surface area (Å²) in [7, 11) is 3.28. The van der Waals surface area contributed by atoms with Gasteiger partial charge in [-0.25, -0.2) is 31.9 Å². The number of para-hydroxylation sites is 1. The fourth-order valence-electron chi connectivity index (χ4n) is 8.85. The van der Waals surface area contributed by atoms with Gasteiger partial charge in [0.15, 0.2) is 11.3 Å². The van der Waals surface area contributed by atoms with Crippen molar-refractivity contribution >= 4 is 45.8 Å². The second kappa shape index (κ2) is 15.1. The Hall–Kier alpha value is -5.59. The molecule has 1 aromatic carbocycles. The number of anilines is 2. The number of halogens is 4. The summed E-state index contributed by atoms with van der Waals surface area (Å²) in [6.07, 6.45) is 7.02. The average Bonchev–Trinajstić information content (AvgIpc) is 3.88. The maximum absolute atomic E-state index is 16.0. The lowest BCUT2D eigenvalue weighted by Gasteiger charge is -2.43. The monoisotopic (exact) mass is 793 g/mol. The second-order valence-corrected chi connectivity index (χ2v) is 15.4. The molecule has 0 spiro atoms. The minimum absolute atomic E-state index is 0.0765. The first-order valence-electron chi connectivity index (χ1n) is 19.1. The van der Waals surface area contributed by atoms with E-state index in [0.717, 1.165) is 12.8 Å². The molecular formula is C38H43F4N11O4. The first-order chi connectivity index (χ1) is 27.3. The van der Waals surface area contributed by atoms with Crippen LogP contribution < -0.4 is 21.2 Å². The molecule has 5 aromatic rings. The van der Waals surface area contributed by atoms with Gasteiger partial charge in [-0.1, -0.05) is 6.07 Å². The molecule has 0 radical (unpaired) electrons. The molecular weight excluding hydrogens is 750 g/mol. The Morgan fingerprint density at radius 2 is 1.88 bits per heavy atom. The summed E-state index contributed by atoms with van der Waals surface area (Å²) in [6.45, 7) is 0.239. The van der Waals surface area contributed by atoms with Crippen LogP contribution in [-0.4, -0.2) is 94.8 Å². The zero-order chi connectivity index (χ0) is 40.2. The van der Waals surface area contributed by atoms with Gasteiger partial charge in [0.25, 0.3) is 18.3 Å². The number of hydrogen-bond donors (Lipinski definition) is 2. The van der Waals surface area contributed by atoms with Crippen molar-refractivity contribution in [2.45, 2.75) is 81.8 Å². The summed E-state index contributed by atoms with van der Waals surface area (Å²) >= 11 is 0. The number of aryl methyl sites for hydroxylation is 1. The predicted octanol–water partition coefficient (Wildman–Crippen LogP) is 4.71. The number of imide groups is 1. The van der Waals surface area contributed by atoms with E-state index in [1.807, 2.05) is 0 Å². The van der Waals surface area contributed by atoms with E-state index in [-0.39, 0.29) is 42.5 Å². The Balaban J connectivity index is 0.872. The Labute approximate surface area is 323 Å². The smallest absolute Gasteiger partial charge is 0.329 e. The highest BCUT2D eigenvalue weighted by molar-refractivity contribution is 6.08. The molecule has 57 heavy (non-hydrogen) atoms. The van der Waals surface area contributed by atoms with Gasteiger partial charge in [0.05, 0.1) is 47.2 Å². The number of hydrogen-bond acceptors (Lipinski definition) is 9. The fourth-order valence-corrected chi connectivity index (χ4v) is 8.85. The van der Waals surface area contributed by atoms with Gasteiger partial charge in [0.1, 0.15) is 11.6 Å². The molecule has 2 N–H and O–H groups in total. The van der Waals surface area contributed by atoms with Gasteiger partial charge in [-0.05, 0) is 82.7 Å². The molecule has 302 valence electrons. The van der Waals surface area contributed by atoms with Crippen LogP contribution in [-0.2, 0) is 16.6 Å². The normalized spacial score (nSPS) is 22.8. The highest BCUT2D eigenvalue weighted by Gasteiger charge is 2.47. The molecule has 2 saturated heterocycles. The topological polar surface area (TPSA) is 157 Å². The van der Waals surface area contributed by atoms with E-state index in [2.05, 4.69) is 25.8 Å². The number of nitrogens with one attached hydrogen (secondary N) is 2. The first-order valence-corrected chi connectivity index (χ1v) is 19.1. The molecule has 1 aliphatic carbocycles. The molecule has 4 aromatic heterocycles. The van der Waals surface area contributed by atoms with Crippen molar-refractivity contribution in [1.82, 2.24) is 43.7 Å². The SMILES string of the molecule is CN(CC[C@H]1CC[C@H](n2cc(NC(=O)c3cnn4cccnc34)c(C(F)F)n2)CC1)C1CCN(c2cccc3c2n(C)c(=O)n3C2CCC(=O)NC2=O)CC1(F)F. The van der Waals surface area contributed by atoms with E-state index in [0.29, 0.717) is 54.7 Å². The van der Waals surface area contributed by atoms with E-state index in [4.69, 9.17) is 0 Å². The molecule has 8 rings (SSSR count). The summed E-state index contributed by atoms with van der Waals surface area (Å²) in [4.78, 5) is 58.3. The molecule has 0 bridgehead atoms. The highest BCUT2D eigenvalue weighted by atomic mass is 19.3. The predicted molar refractivity (Wildman–Crippen MR) is 201 cm³/mol. The molecule has 19 heteroatoms. The average molecular weight is 794 g/mol. The van der Waals surface area contributed by atoms with Crippen molar-refractivity contribution in [3.05, 3.63) is 70.8 Å². The molecule has 2 unspecified atom stereocenters. The number of alkyl halides is 4. The van der Waals surface area contributed by atoms with Crippen LogP contribution in [0.15, 0.2) is 53.8 Å². The Morgan fingerprint density at radius 1 is 1.09 bits per heavy atom. The second-order valence-electron chi connectivity index (χ2n) is 15.4. The van der Waals surface area contributed by atoms with Crippen LogP contribution in [0.2, 0.25) is 0 Å². The third kappa shape index (κ3) is 7.16. The Morgan fingerprint density at radius 3 is 2.61 bits per heavy atom.